The van der Waals surface area contributed by atoms with E-state index in [2.05, 4.69) is 5.10 Å². The van der Waals surface area contributed by atoms with Gasteiger partial charge in [0.15, 0.2) is 5.69 Å². The SMILES string of the molecule is COC(=O)c1c(-c2ccc(F)c(B(O)O)c2)nn(-c2ccccc2)c1C(=O)OC. The van der Waals surface area contributed by atoms with Crippen molar-refractivity contribution in [2.45, 2.75) is 0 Å². The molecule has 0 fully saturated rings. The van der Waals surface area contributed by atoms with Gasteiger partial charge in [0.25, 0.3) is 0 Å². The first-order valence-electron chi connectivity index (χ1n) is 8.40. The van der Waals surface area contributed by atoms with Crippen molar-refractivity contribution in [3.8, 4) is 16.9 Å². The van der Waals surface area contributed by atoms with E-state index >= 15 is 0 Å². The van der Waals surface area contributed by atoms with Gasteiger partial charge in [0.05, 0.1) is 19.9 Å². The Morgan fingerprint density at radius 3 is 2.28 bits per heavy atom. The molecule has 0 aliphatic carbocycles. The first kappa shape index (κ1) is 20.2. The van der Waals surface area contributed by atoms with Gasteiger partial charge < -0.3 is 19.5 Å². The molecule has 8 nitrogen and oxygen atoms in total. The van der Waals surface area contributed by atoms with Crippen molar-refractivity contribution in [3.05, 3.63) is 65.6 Å². The van der Waals surface area contributed by atoms with Crippen LogP contribution in [-0.4, -0.2) is 53.1 Å². The molecule has 1 aromatic heterocycles. The molecule has 0 radical (unpaired) electrons. The fourth-order valence-electron chi connectivity index (χ4n) is 2.85. The minimum absolute atomic E-state index is 0.0111. The maximum Gasteiger partial charge on any atom is 0.491 e. The maximum atomic E-state index is 13.9. The Kier molecular flexibility index (Phi) is 5.76. The Labute approximate surface area is 165 Å². The highest BCUT2D eigenvalue weighted by Crippen LogP contribution is 2.29. The Hall–Kier alpha value is -3.50. The Balaban J connectivity index is 2.35. The highest BCUT2D eigenvalue weighted by atomic mass is 19.1. The molecule has 0 bridgehead atoms. The van der Waals surface area contributed by atoms with Crippen LogP contribution in [0.2, 0.25) is 0 Å². The van der Waals surface area contributed by atoms with Crippen molar-refractivity contribution < 1.29 is 33.5 Å². The van der Waals surface area contributed by atoms with Crippen molar-refractivity contribution in [1.29, 1.82) is 0 Å². The van der Waals surface area contributed by atoms with Crippen molar-refractivity contribution in [2.24, 2.45) is 0 Å². The van der Waals surface area contributed by atoms with Gasteiger partial charge in [-0.2, -0.15) is 5.10 Å². The second kappa shape index (κ2) is 8.25. The van der Waals surface area contributed by atoms with E-state index in [0.29, 0.717) is 5.69 Å². The second-order valence-corrected chi connectivity index (χ2v) is 5.91. The summed E-state index contributed by atoms with van der Waals surface area (Å²) in [7, 11) is 0.220. The number of hydrogen-bond donors (Lipinski definition) is 2. The molecular weight excluding hydrogens is 382 g/mol. The molecule has 29 heavy (non-hydrogen) atoms. The van der Waals surface area contributed by atoms with E-state index in [0.717, 1.165) is 26.4 Å². The predicted octanol–water partition coefficient (Wildman–Crippen LogP) is 0.931. The molecule has 0 amide bonds. The molecule has 10 heteroatoms. The highest BCUT2D eigenvalue weighted by Gasteiger charge is 2.32. The third kappa shape index (κ3) is 3.75. The van der Waals surface area contributed by atoms with Crippen LogP contribution in [0, 0.1) is 5.82 Å². The lowest BCUT2D eigenvalue weighted by atomic mass is 9.78. The van der Waals surface area contributed by atoms with Crippen molar-refractivity contribution in [2.75, 3.05) is 14.2 Å². The number of hydrogen-bond acceptors (Lipinski definition) is 7. The summed E-state index contributed by atoms with van der Waals surface area (Å²) < 4.78 is 24.7. The molecule has 2 aromatic carbocycles. The van der Waals surface area contributed by atoms with Crippen molar-refractivity contribution in [1.82, 2.24) is 9.78 Å². The van der Waals surface area contributed by atoms with Gasteiger partial charge in [-0.25, -0.2) is 18.7 Å². The van der Waals surface area contributed by atoms with Gasteiger partial charge in [0.1, 0.15) is 17.1 Å². The van der Waals surface area contributed by atoms with Crippen LogP contribution in [0.1, 0.15) is 20.8 Å². The van der Waals surface area contributed by atoms with Gasteiger partial charge in [-0.3, -0.25) is 0 Å². The molecule has 3 aromatic rings. The van der Waals surface area contributed by atoms with Crippen LogP contribution in [0.15, 0.2) is 48.5 Å². The zero-order valence-corrected chi connectivity index (χ0v) is 15.5. The zero-order chi connectivity index (χ0) is 21.1. The molecule has 1 heterocycles. The summed E-state index contributed by atoms with van der Waals surface area (Å²) in [5, 5.41) is 23.1. The van der Waals surface area contributed by atoms with Gasteiger partial charge in [-0.05, 0) is 24.3 Å². The summed E-state index contributed by atoms with van der Waals surface area (Å²) in [5.74, 6) is -2.55. The molecule has 0 aliphatic heterocycles. The monoisotopic (exact) mass is 398 g/mol. The van der Waals surface area contributed by atoms with Crippen LogP contribution in [0.4, 0.5) is 4.39 Å². The van der Waals surface area contributed by atoms with E-state index in [4.69, 9.17) is 9.47 Å². The fourth-order valence-corrected chi connectivity index (χ4v) is 2.85. The predicted molar refractivity (Wildman–Crippen MR) is 101 cm³/mol. The number of aromatic nitrogens is 2. The number of carbonyl (C=O) groups excluding carboxylic acids is 2. The van der Waals surface area contributed by atoms with Crippen LogP contribution in [0.5, 0.6) is 0 Å². The molecule has 148 valence electrons. The smallest absolute Gasteiger partial charge is 0.465 e. The molecule has 0 unspecified atom stereocenters. The maximum absolute atomic E-state index is 13.9. The summed E-state index contributed by atoms with van der Waals surface area (Å²) in [6.45, 7) is 0. The lowest BCUT2D eigenvalue weighted by Gasteiger charge is -2.07. The van der Waals surface area contributed by atoms with E-state index < -0.39 is 30.3 Å². The Morgan fingerprint density at radius 2 is 1.69 bits per heavy atom. The molecular formula is C19H16BFN2O6. The summed E-state index contributed by atoms with van der Waals surface area (Å²) >= 11 is 0. The standard InChI is InChI=1S/C19H16BFN2O6/c1-28-18(24)15-16(11-8-9-14(21)13(10-11)20(26)27)22-23(17(15)19(25)29-2)12-6-4-3-5-7-12/h3-10,26-27H,1-2H3. The number of rotatable bonds is 5. The number of esters is 2. The van der Waals surface area contributed by atoms with Gasteiger partial charge in [0, 0.05) is 11.0 Å². The van der Waals surface area contributed by atoms with Crippen molar-refractivity contribution in [3.63, 3.8) is 0 Å². The Bertz CT molecular complexity index is 1070. The highest BCUT2D eigenvalue weighted by molar-refractivity contribution is 6.58. The molecule has 0 spiro atoms. The molecule has 3 rings (SSSR count). The number of methoxy groups -OCH3 is 2. The number of ether oxygens (including phenoxy) is 2. The summed E-state index contributed by atoms with van der Waals surface area (Å²) in [6.07, 6.45) is 0. The number of para-hydroxylation sites is 1. The van der Waals surface area contributed by atoms with Gasteiger partial charge >= 0.3 is 19.1 Å². The summed E-state index contributed by atoms with van der Waals surface area (Å²) in [6, 6.07) is 12.0. The number of benzene rings is 2. The van der Waals surface area contributed by atoms with Gasteiger partial charge in [-0.15, -0.1) is 0 Å². The van der Waals surface area contributed by atoms with Crippen molar-refractivity contribution >= 4 is 24.5 Å². The number of nitrogens with zero attached hydrogens (tertiary/aromatic N) is 2. The van der Waals surface area contributed by atoms with Gasteiger partial charge in [0.2, 0.25) is 0 Å². The quantitative estimate of drug-likeness (QED) is 0.486. The van der Waals surface area contributed by atoms with Crippen LogP contribution < -0.4 is 5.46 Å². The van der Waals surface area contributed by atoms with E-state index in [1.807, 2.05) is 0 Å². The Morgan fingerprint density at radius 1 is 1.03 bits per heavy atom. The van der Waals surface area contributed by atoms with Gasteiger partial charge in [-0.1, -0.05) is 24.3 Å². The normalized spacial score (nSPS) is 10.5. The second-order valence-electron chi connectivity index (χ2n) is 5.91. The largest absolute Gasteiger partial charge is 0.491 e. The topological polar surface area (TPSA) is 111 Å². The van der Waals surface area contributed by atoms with Crippen LogP contribution >= 0.6 is 0 Å². The molecule has 0 aliphatic rings. The van der Waals surface area contributed by atoms with E-state index in [9.17, 15) is 24.0 Å². The number of carbonyl (C=O) groups is 2. The summed E-state index contributed by atoms with van der Waals surface area (Å²) in [4.78, 5) is 25.0. The molecule has 0 saturated heterocycles. The average molecular weight is 398 g/mol. The lowest BCUT2D eigenvalue weighted by Crippen LogP contribution is -2.32. The average Bonchev–Trinajstić information content (AvgIpc) is 3.14. The molecule has 0 atom stereocenters. The first-order valence-corrected chi connectivity index (χ1v) is 8.40. The van der Waals surface area contributed by atoms with E-state index in [-0.39, 0.29) is 22.5 Å². The van der Waals surface area contributed by atoms with Crippen LogP contribution in [0.25, 0.3) is 16.9 Å². The van der Waals surface area contributed by atoms with Crippen LogP contribution in [-0.2, 0) is 9.47 Å². The fraction of sp³-hybridized carbons (Fsp3) is 0.105. The minimum atomic E-state index is -2.08. The van der Waals surface area contributed by atoms with Crippen LogP contribution in [0.3, 0.4) is 0 Å². The zero-order valence-electron chi connectivity index (χ0n) is 15.5. The minimum Gasteiger partial charge on any atom is -0.465 e. The third-order valence-corrected chi connectivity index (χ3v) is 4.20. The lowest BCUT2D eigenvalue weighted by molar-refractivity contribution is 0.0549. The van der Waals surface area contributed by atoms with E-state index in [1.165, 1.54) is 10.7 Å². The number of halogens is 1. The molecule has 0 saturated carbocycles. The first-order chi connectivity index (χ1) is 13.9. The summed E-state index contributed by atoms with van der Waals surface area (Å²) in [5.41, 5.74) is -0.164. The van der Waals surface area contributed by atoms with E-state index in [1.54, 1.807) is 30.3 Å². The third-order valence-electron chi connectivity index (χ3n) is 4.20. The molecule has 2 N–H and O–H groups in total.